The van der Waals surface area contributed by atoms with Gasteiger partial charge in [0.15, 0.2) is 0 Å². The SMILES string of the molecule is COc1ccccc1NC(=O)C(C)(C)c1c[nH]c2cc(Cl)ccc12. The number of carbonyl (C=O) groups excluding carboxylic acids is 1. The van der Waals surface area contributed by atoms with E-state index in [0.29, 0.717) is 16.5 Å². The molecule has 0 bridgehead atoms. The summed E-state index contributed by atoms with van der Waals surface area (Å²) in [5.41, 5.74) is 1.76. The molecule has 0 fully saturated rings. The average Bonchev–Trinajstić information content (AvgIpc) is 2.98. The Kier molecular flexibility index (Phi) is 4.24. The van der Waals surface area contributed by atoms with Crippen LogP contribution in [0.5, 0.6) is 5.75 Å². The van der Waals surface area contributed by atoms with Crippen LogP contribution in [0.4, 0.5) is 5.69 Å². The standard InChI is InChI=1S/C19H19ClN2O2/c1-19(2,14-11-21-16-10-12(20)8-9-13(14)16)18(23)22-15-6-4-5-7-17(15)24-3/h4-11,21H,1-3H3,(H,22,23). The number of hydrogen-bond donors (Lipinski definition) is 2. The molecule has 0 radical (unpaired) electrons. The van der Waals surface area contributed by atoms with Crippen LogP contribution in [0.2, 0.25) is 5.02 Å². The van der Waals surface area contributed by atoms with Gasteiger partial charge in [0.1, 0.15) is 5.75 Å². The summed E-state index contributed by atoms with van der Waals surface area (Å²) < 4.78 is 5.30. The van der Waals surface area contributed by atoms with Gasteiger partial charge in [-0.2, -0.15) is 0 Å². The molecule has 1 amide bonds. The quantitative estimate of drug-likeness (QED) is 0.719. The smallest absolute Gasteiger partial charge is 0.234 e. The first-order valence-electron chi connectivity index (χ1n) is 7.65. The lowest BCUT2D eigenvalue weighted by Gasteiger charge is -2.24. The molecule has 2 aromatic carbocycles. The number of H-pyrrole nitrogens is 1. The third-order valence-electron chi connectivity index (χ3n) is 4.24. The second-order valence-corrected chi connectivity index (χ2v) is 6.61. The zero-order valence-corrected chi connectivity index (χ0v) is 14.6. The van der Waals surface area contributed by atoms with Crippen molar-refractivity contribution in [1.82, 2.24) is 4.98 Å². The number of amides is 1. The van der Waals surface area contributed by atoms with Gasteiger partial charge < -0.3 is 15.0 Å². The van der Waals surface area contributed by atoms with Crippen molar-refractivity contribution in [2.75, 3.05) is 12.4 Å². The van der Waals surface area contributed by atoms with Crippen molar-refractivity contribution in [3.63, 3.8) is 0 Å². The van der Waals surface area contributed by atoms with Crippen LogP contribution in [0.25, 0.3) is 10.9 Å². The maximum atomic E-state index is 12.9. The summed E-state index contributed by atoms with van der Waals surface area (Å²) >= 11 is 6.03. The molecule has 0 saturated carbocycles. The Balaban J connectivity index is 1.95. The van der Waals surface area contributed by atoms with Crippen LogP contribution in [0, 0.1) is 0 Å². The molecule has 0 spiro atoms. The number of para-hydroxylation sites is 2. The summed E-state index contributed by atoms with van der Waals surface area (Å²) in [4.78, 5) is 16.1. The Morgan fingerprint density at radius 1 is 1.21 bits per heavy atom. The molecule has 0 saturated heterocycles. The van der Waals surface area contributed by atoms with Crippen LogP contribution in [-0.4, -0.2) is 18.0 Å². The maximum absolute atomic E-state index is 12.9. The van der Waals surface area contributed by atoms with E-state index in [9.17, 15) is 4.79 Å². The molecular formula is C19H19ClN2O2. The fraction of sp³-hybridized carbons (Fsp3) is 0.211. The highest BCUT2D eigenvalue weighted by molar-refractivity contribution is 6.31. The molecule has 4 nitrogen and oxygen atoms in total. The molecule has 24 heavy (non-hydrogen) atoms. The fourth-order valence-electron chi connectivity index (χ4n) is 2.76. The molecule has 0 aliphatic heterocycles. The summed E-state index contributed by atoms with van der Waals surface area (Å²) in [6.07, 6.45) is 1.86. The van der Waals surface area contributed by atoms with Crippen molar-refractivity contribution in [2.24, 2.45) is 0 Å². The Morgan fingerprint density at radius 2 is 1.96 bits per heavy atom. The number of aromatic amines is 1. The summed E-state index contributed by atoms with van der Waals surface area (Å²) in [5.74, 6) is 0.523. The molecule has 124 valence electrons. The summed E-state index contributed by atoms with van der Waals surface area (Å²) in [5, 5.41) is 4.61. The number of halogens is 1. The zero-order valence-electron chi connectivity index (χ0n) is 13.8. The number of fused-ring (bicyclic) bond motifs is 1. The van der Waals surface area contributed by atoms with E-state index in [4.69, 9.17) is 16.3 Å². The van der Waals surface area contributed by atoms with Crippen molar-refractivity contribution in [3.8, 4) is 5.75 Å². The zero-order chi connectivity index (χ0) is 17.3. The average molecular weight is 343 g/mol. The highest BCUT2D eigenvalue weighted by atomic mass is 35.5. The van der Waals surface area contributed by atoms with E-state index in [1.165, 1.54) is 0 Å². The summed E-state index contributed by atoms with van der Waals surface area (Å²) in [6.45, 7) is 3.80. The van der Waals surface area contributed by atoms with Crippen molar-refractivity contribution < 1.29 is 9.53 Å². The number of ether oxygens (including phenoxy) is 1. The van der Waals surface area contributed by atoms with E-state index in [1.807, 2.05) is 62.5 Å². The van der Waals surface area contributed by atoms with E-state index >= 15 is 0 Å². The lowest BCUT2D eigenvalue weighted by Crippen LogP contribution is -2.34. The van der Waals surface area contributed by atoms with Gasteiger partial charge in [0.2, 0.25) is 5.91 Å². The van der Waals surface area contributed by atoms with Crippen LogP contribution < -0.4 is 10.1 Å². The van der Waals surface area contributed by atoms with Crippen molar-refractivity contribution in [2.45, 2.75) is 19.3 Å². The molecule has 1 aromatic heterocycles. The van der Waals surface area contributed by atoms with Crippen molar-refractivity contribution >= 4 is 34.1 Å². The lowest BCUT2D eigenvalue weighted by atomic mass is 9.83. The largest absolute Gasteiger partial charge is 0.495 e. The molecule has 3 rings (SSSR count). The fourth-order valence-corrected chi connectivity index (χ4v) is 2.94. The first-order valence-corrected chi connectivity index (χ1v) is 8.03. The first-order chi connectivity index (χ1) is 11.4. The van der Waals surface area contributed by atoms with Gasteiger partial charge in [0.25, 0.3) is 0 Å². The number of hydrogen-bond acceptors (Lipinski definition) is 2. The predicted octanol–water partition coefficient (Wildman–Crippen LogP) is 4.75. The Hall–Kier alpha value is -2.46. The molecule has 0 aliphatic carbocycles. The Bertz CT molecular complexity index is 899. The van der Waals surface area contributed by atoms with Gasteiger partial charge in [-0.3, -0.25) is 4.79 Å². The summed E-state index contributed by atoms with van der Waals surface area (Å²) in [7, 11) is 1.58. The topological polar surface area (TPSA) is 54.1 Å². The second-order valence-electron chi connectivity index (χ2n) is 6.17. The number of rotatable bonds is 4. The van der Waals surface area contributed by atoms with Gasteiger partial charge in [0, 0.05) is 22.1 Å². The van der Waals surface area contributed by atoms with E-state index in [0.717, 1.165) is 16.5 Å². The summed E-state index contributed by atoms with van der Waals surface area (Å²) in [6, 6.07) is 13.0. The van der Waals surface area contributed by atoms with Gasteiger partial charge >= 0.3 is 0 Å². The number of aromatic nitrogens is 1. The van der Waals surface area contributed by atoms with Crippen LogP contribution in [0.3, 0.4) is 0 Å². The van der Waals surface area contributed by atoms with Gasteiger partial charge in [-0.25, -0.2) is 0 Å². The van der Waals surface area contributed by atoms with Crippen molar-refractivity contribution in [3.05, 3.63) is 59.2 Å². The van der Waals surface area contributed by atoms with E-state index in [2.05, 4.69) is 10.3 Å². The predicted molar refractivity (Wildman–Crippen MR) is 98.0 cm³/mol. The number of carbonyl (C=O) groups is 1. The minimum Gasteiger partial charge on any atom is -0.495 e. The normalized spacial score (nSPS) is 11.5. The highest BCUT2D eigenvalue weighted by Gasteiger charge is 2.32. The minimum absolute atomic E-state index is 0.108. The molecule has 0 unspecified atom stereocenters. The monoisotopic (exact) mass is 342 g/mol. The molecular weight excluding hydrogens is 324 g/mol. The van der Waals surface area contributed by atoms with Gasteiger partial charge in [-0.1, -0.05) is 29.8 Å². The van der Waals surface area contributed by atoms with Crippen molar-refractivity contribution in [1.29, 1.82) is 0 Å². The van der Waals surface area contributed by atoms with Gasteiger partial charge in [-0.15, -0.1) is 0 Å². The number of anilines is 1. The first kappa shape index (κ1) is 16.4. The maximum Gasteiger partial charge on any atom is 0.234 e. The Labute approximate surface area is 145 Å². The van der Waals surface area contributed by atoms with Crippen LogP contribution in [0.1, 0.15) is 19.4 Å². The van der Waals surface area contributed by atoms with Crippen LogP contribution in [-0.2, 0) is 10.2 Å². The molecule has 0 aliphatic rings. The van der Waals surface area contributed by atoms with Crippen LogP contribution >= 0.6 is 11.6 Å². The highest BCUT2D eigenvalue weighted by Crippen LogP contribution is 2.33. The number of methoxy groups -OCH3 is 1. The molecule has 0 atom stereocenters. The lowest BCUT2D eigenvalue weighted by molar-refractivity contribution is -0.120. The van der Waals surface area contributed by atoms with Gasteiger partial charge in [-0.05, 0) is 43.7 Å². The van der Waals surface area contributed by atoms with E-state index in [1.54, 1.807) is 7.11 Å². The van der Waals surface area contributed by atoms with E-state index < -0.39 is 5.41 Å². The molecule has 2 N–H and O–H groups in total. The third-order valence-corrected chi connectivity index (χ3v) is 4.48. The number of benzene rings is 2. The second kappa shape index (κ2) is 6.21. The third kappa shape index (κ3) is 2.85. The van der Waals surface area contributed by atoms with Gasteiger partial charge in [0.05, 0.1) is 18.2 Å². The Morgan fingerprint density at radius 3 is 2.71 bits per heavy atom. The molecule has 1 heterocycles. The molecule has 5 heteroatoms. The number of nitrogens with one attached hydrogen (secondary N) is 2. The minimum atomic E-state index is -0.729. The van der Waals surface area contributed by atoms with E-state index in [-0.39, 0.29) is 5.91 Å². The molecule has 3 aromatic rings. The van der Waals surface area contributed by atoms with Crippen LogP contribution in [0.15, 0.2) is 48.7 Å².